The van der Waals surface area contributed by atoms with Gasteiger partial charge >= 0.3 is 5.97 Å². The van der Waals surface area contributed by atoms with Gasteiger partial charge in [0.25, 0.3) is 0 Å². The Morgan fingerprint density at radius 2 is 1.97 bits per heavy atom. The number of halogens is 1. The van der Waals surface area contributed by atoms with Gasteiger partial charge in [0.2, 0.25) is 17.7 Å². The van der Waals surface area contributed by atoms with Crippen LogP contribution >= 0.6 is 11.6 Å². The summed E-state index contributed by atoms with van der Waals surface area (Å²) in [5.41, 5.74) is -3.63. The highest BCUT2D eigenvalue weighted by Gasteiger charge is 2.72. The van der Waals surface area contributed by atoms with Crippen molar-refractivity contribution in [3.05, 3.63) is 45.9 Å². The van der Waals surface area contributed by atoms with E-state index in [2.05, 4.69) is 0 Å². The highest BCUT2D eigenvalue weighted by atomic mass is 35.5. The zero-order valence-corrected chi connectivity index (χ0v) is 18.9. The number of esters is 1. The molecule has 31 heavy (non-hydrogen) atoms. The van der Waals surface area contributed by atoms with Crippen molar-refractivity contribution in [3.8, 4) is 0 Å². The molecule has 1 aliphatic carbocycles. The lowest BCUT2D eigenvalue weighted by molar-refractivity contribution is -0.219. The van der Waals surface area contributed by atoms with Crippen molar-refractivity contribution in [3.63, 3.8) is 0 Å². The van der Waals surface area contributed by atoms with Crippen LogP contribution in [0.4, 0.5) is 0 Å². The molecule has 4 rings (SSSR count). The SMILES string of the molecule is CC[C@H](C)/C=C/C1=CC2=C(Cl)C(=O)[C@@](C)(O)[C@H]3C4=C(O[C@]23[C@@H](O)O1)[C@@H](C)[C@@H](C)OC4=O. The summed E-state index contributed by atoms with van der Waals surface area (Å²) in [5.74, 6) is -2.17. The highest BCUT2D eigenvalue weighted by Crippen LogP contribution is 2.60. The summed E-state index contributed by atoms with van der Waals surface area (Å²) in [5, 5.41) is 22.1. The van der Waals surface area contributed by atoms with Crippen LogP contribution in [0.2, 0.25) is 0 Å². The van der Waals surface area contributed by atoms with Crippen molar-refractivity contribution < 1.29 is 34.0 Å². The molecule has 168 valence electrons. The Morgan fingerprint density at radius 1 is 1.29 bits per heavy atom. The van der Waals surface area contributed by atoms with Crippen LogP contribution in [0.15, 0.2) is 45.9 Å². The fourth-order valence-corrected chi connectivity index (χ4v) is 5.08. The summed E-state index contributed by atoms with van der Waals surface area (Å²) in [4.78, 5) is 25.9. The van der Waals surface area contributed by atoms with E-state index in [0.717, 1.165) is 6.42 Å². The predicted octanol–water partition coefficient (Wildman–Crippen LogP) is 2.87. The van der Waals surface area contributed by atoms with Crippen LogP contribution in [-0.4, -0.2) is 45.6 Å². The summed E-state index contributed by atoms with van der Waals surface area (Å²) in [6.45, 7) is 8.89. The number of allylic oxidation sites excluding steroid dienone is 2. The van der Waals surface area contributed by atoms with Crippen molar-refractivity contribution in [2.45, 2.75) is 64.6 Å². The van der Waals surface area contributed by atoms with Gasteiger partial charge < -0.3 is 24.4 Å². The van der Waals surface area contributed by atoms with Gasteiger partial charge in [0.05, 0.1) is 22.4 Å². The first kappa shape index (κ1) is 22.1. The second-order valence-electron chi connectivity index (χ2n) is 8.97. The number of Topliss-reactive ketones (excluding diaryl/α,β-unsaturated/α-hetero) is 1. The number of rotatable bonds is 3. The Hall–Kier alpha value is -2.09. The first-order valence-electron chi connectivity index (χ1n) is 10.5. The molecule has 0 amide bonds. The number of ether oxygens (including phenoxy) is 3. The van der Waals surface area contributed by atoms with E-state index < -0.39 is 41.3 Å². The molecule has 3 heterocycles. The van der Waals surface area contributed by atoms with Gasteiger partial charge in [-0.15, -0.1) is 0 Å². The lowest BCUT2D eigenvalue weighted by atomic mass is 9.62. The van der Waals surface area contributed by atoms with Gasteiger partial charge in [-0.1, -0.05) is 44.9 Å². The van der Waals surface area contributed by atoms with Crippen molar-refractivity contribution >= 4 is 23.4 Å². The molecular weight excluding hydrogens is 424 g/mol. The molecular formula is C23H27ClO7. The summed E-state index contributed by atoms with van der Waals surface area (Å²) >= 11 is 6.43. The van der Waals surface area contributed by atoms with Crippen molar-refractivity contribution in [2.75, 3.05) is 0 Å². The van der Waals surface area contributed by atoms with Gasteiger partial charge in [-0.2, -0.15) is 0 Å². The first-order chi connectivity index (χ1) is 14.5. The van der Waals surface area contributed by atoms with Crippen LogP contribution in [0.1, 0.15) is 41.0 Å². The smallest absolute Gasteiger partial charge is 0.338 e. The average molecular weight is 451 g/mol. The van der Waals surface area contributed by atoms with Crippen molar-refractivity contribution in [1.82, 2.24) is 0 Å². The number of fused-ring (bicyclic) bond motifs is 1. The Balaban J connectivity index is 1.92. The van der Waals surface area contributed by atoms with Crippen LogP contribution < -0.4 is 0 Å². The molecule has 3 aliphatic heterocycles. The van der Waals surface area contributed by atoms with Crippen LogP contribution in [0.25, 0.3) is 0 Å². The molecule has 0 aromatic heterocycles. The molecule has 7 nitrogen and oxygen atoms in total. The minimum atomic E-state index is -2.11. The summed E-state index contributed by atoms with van der Waals surface area (Å²) in [7, 11) is 0. The number of aliphatic hydroxyl groups excluding tert-OH is 1. The quantitative estimate of drug-likeness (QED) is 0.637. The van der Waals surface area contributed by atoms with Gasteiger partial charge in [0.1, 0.15) is 23.2 Å². The van der Waals surface area contributed by atoms with Crippen LogP contribution in [0.3, 0.4) is 0 Å². The lowest BCUT2D eigenvalue weighted by Crippen LogP contribution is -2.65. The van der Waals surface area contributed by atoms with Crippen LogP contribution in [0, 0.1) is 17.8 Å². The highest BCUT2D eigenvalue weighted by molar-refractivity contribution is 6.45. The molecule has 0 saturated heterocycles. The maximum atomic E-state index is 13.1. The van der Waals surface area contributed by atoms with Gasteiger partial charge in [-0.05, 0) is 31.9 Å². The normalized spacial score (nSPS) is 40.6. The van der Waals surface area contributed by atoms with Crippen LogP contribution in [-0.2, 0) is 23.8 Å². The minimum absolute atomic E-state index is 0.0419. The van der Waals surface area contributed by atoms with E-state index in [1.54, 1.807) is 13.0 Å². The molecule has 1 spiro atoms. The fraction of sp³-hybridized carbons (Fsp3) is 0.565. The van der Waals surface area contributed by atoms with Gasteiger partial charge in [-0.3, -0.25) is 4.79 Å². The number of aliphatic hydroxyl groups is 2. The molecule has 0 aromatic carbocycles. The third kappa shape index (κ3) is 2.93. The molecule has 4 aliphatic rings. The zero-order valence-electron chi connectivity index (χ0n) is 18.1. The van der Waals surface area contributed by atoms with Gasteiger partial charge in [0.15, 0.2) is 0 Å². The number of carbonyl (C=O) groups is 2. The van der Waals surface area contributed by atoms with Gasteiger partial charge in [-0.25, -0.2) is 4.79 Å². The number of ketones is 1. The van der Waals surface area contributed by atoms with E-state index in [1.165, 1.54) is 13.0 Å². The van der Waals surface area contributed by atoms with Crippen molar-refractivity contribution in [2.24, 2.45) is 17.8 Å². The van der Waals surface area contributed by atoms with E-state index in [4.69, 9.17) is 25.8 Å². The molecule has 0 bridgehead atoms. The zero-order chi connectivity index (χ0) is 22.9. The van der Waals surface area contributed by atoms with E-state index in [-0.39, 0.29) is 33.8 Å². The second-order valence-corrected chi connectivity index (χ2v) is 9.35. The Kier molecular flexibility index (Phi) is 5.15. The summed E-state index contributed by atoms with van der Waals surface area (Å²) < 4.78 is 17.4. The molecule has 0 radical (unpaired) electrons. The lowest BCUT2D eigenvalue weighted by Gasteiger charge is -2.49. The number of hydrogen-bond acceptors (Lipinski definition) is 7. The predicted molar refractivity (Wildman–Crippen MR) is 111 cm³/mol. The topological polar surface area (TPSA) is 102 Å². The van der Waals surface area contributed by atoms with E-state index >= 15 is 0 Å². The number of cyclic esters (lactones) is 1. The number of carbonyl (C=O) groups excluding carboxylic acids is 2. The molecule has 8 heteroatoms. The summed E-state index contributed by atoms with van der Waals surface area (Å²) in [6, 6.07) is 0. The minimum Gasteiger partial charge on any atom is -0.478 e. The Labute approximate surface area is 186 Å². The largest absolute Gasteiger partial charge is 0.478 e. The van der Waals surface area contributed by atoms with E-state index in [9.17, 15) is 19.8 Å². The van der Waals surface area contributed by atoms with E-state index in [0.29, 0.717) is 5.76 Å². The fourth-order valence-electron chi connectivity index (χ4n) is 4.69. The second kappa shape index (κ2) is 7.22. The van der Waals surface area contributed by atoms with Crippen LogP contribution in [0.5, 0.6) is 0 Å². The first-order valence-corrected chi connectivity index (χ1v) is 10.9. The van der Waals surface area contributed by atoms with Crippen molar-refractivity contribution in [1.29, 1.82) is 0 Å². The average Bonchev–Trinajstić information content (AvgIpc) is 3.09. The molecule has 7 atom stereocenters. The maximum Gasteiger partial charge on any atom is 0.338 e. The molecule has 0 aromatic rings. The van der Waals surface area contributed by atoms with E-state index in [1.807, 2.05) is 26.8 Å². The molecule has 0 fully saturated rings. The number of hydrogen-bond donors (Lipinski definition) is 2. The standard InChI is InChI=1S/C23H27ClO7/c1-6-10(2)7-8-13-9-14-16(24)19(25)22(5,28)18-15-17(11(3)12(4)29-20(15)26)31-23(14,18)21(27)30-13/h7-12,18,21,27-28H,6H2,1-5H3/b8-7+/t10-,11-,12+,18+,21-,22-,23+/m0/s1. The Morgan fingerprint density at radius 3 is 2.61 bits per heavy atom. The third-order valence-corrected chi connectivity index (χ3v) is 7.28. The Bertz CT molecular complexity index is 972. The summed E-state index contributed by atoms with van der Waals surface area (Å²) in [6.07, 6.45) is 3.98. The molecule has 2 N–H and O–H groups in total. The monoisotopic (exact) mass is 450 g/mol. The molecule has 0 saturated carbocycles. The third-order valence-electron chi connectivity index (χ3n) is 6.91. The molecule has 0 unspecified atom stereocenters. The van der Waals surface area contributed by atoms with Gasteiger partial charge in [0, 0.05) is 5.57 Å². The maximum absolute atomic E-state index is 13.1.